The van der Waals surface area contributed by atoms with E-state index in [2.05, 4.69) is 20.7 Å². The summed E-state index contributed by atoms with van der Waals surface area (Å²) in [6.07, 6.45) is -1.13. The van der Waals surface area contributed by atoms with Gasteiger partial charge in [0.25, 0.3) is 5.56 Å². The number of carboxylic acids is 1. The maximum Gasteiger partial charge on any atom is 0.513 e. The number of carboxylic acid groups (broad SMARTS) is 1. The van der Waals surface area contributed by atoms with E-state index in [1.165, 1.54) is 66.1 Å². The van der Waals surface area contributed by atoms with Crippen molar-refractivity contribution in [3.8, 4) is 11.5 Å². The third-order valence-corrected chi connectivity index (χ3v) is 9.62. The molecule has 1 aromatic heterocycles. The summed E-state index contributed by atoms with van der Waals surface area (Å²) in [7, 11) is 1.05. The Bertz CT molecular complexity index is 2030. The van der Waals surface area contributed by atoms with Crippen molar-refractivity contribution >= 4 is 58.5 Å². The summed E-state index contributed by atoms with van der Waals surface area (Å²) < 4.78 is 14.1. The van der Waals surface area contributed by atoms with Gasteiger partial charge >= 0.3 is 17.9 Å². The van der Waals surface area contributed by atoms with E-state index in [-0.39, 0.29) is 28.0 Å². The minimum absolute atomic E-state index is 0.130. The standard InChI is InChI=1S/C31H31N5O13S/c1-13(32-18(38)12-35-25(41)16-6-5-7-17(48-30(46)47-4)21(16)49-29(35)45)23(39)33-19(14-8-10-15(37)11-9-14)24(40)34-20-26(42)36-22(28(43)44)31(2,3)50-27(20)36/h5-11,13,19-20,22,27,37H,12H2,1-4H3,(H,32,38)(H,33,39)(H,34,40)(H,43,44)/t13-,19-,20-,22?,27?/m1/s1. The smallest absolute Gasteiger partial charge is 0.508 e. The van der Waals surface area contributed by atoms with Crippen LogP contribution in [-0.4, -0.2) is 90.8 Å². The number of hydrogen-bond acceptors (Lipinski definition) is 13. The Morgan fingerprint density at radius 2 is 1.70 bits per heavy atom. The first-order valence-corrected chi connectivity index (χ1v) is 15.8. The number of carbonyl (C=O) groups excluding carboxylic acids is 5. The number of nitrogens with zero attached hydrogens (tertiary/aromatic N) is 2. The molecule has 0 bridgehead atoms. The summed E-state index contributed by atoms with van der Waals surface area (Å²) in [5.74, 6) is -6.11. The number of aromatic hydroxyl groups is 1. The molecule has 50 heavy (non-hydrogen) atoms. The third-order valence-electron chi connectivity index (χ3n) is 8.04. The molecule has 2 saturated heterocycles. The van der Waals surface area contributed by atoms with Gasteiger partial charge in [-0.1, -0.05) is 18.2 Å². The number of thioether (sulfide) groups is 1. The van der Waals surface area contributed by atoms with Gasteiger partial charge in [-0.15, -0.1) is 11.8 Å². The average molecular weight is 714 g/mol. The van der Waals surface area contributed by atoms with Crippen LogP contribution in [0.15, 0.2) is 56.5 Å². The van der Waals surface area contributed by atoms with Crippen molar-refractivity contribution < 1.29 is 52.9 Å². The zero-order chi connectivity index (χ0) is 36.7. The van der Waals surface area contributed by atoms with Crippen molar-refractivity contribution in [3.05, 3.63) is 68.9 Å². The first-order chi connectivity index (χ1) is 23.5. The summed E-state index contributed by atoms with van der Waals surface area (Å²) in [4.78, 5) is 103. The fourth-order valence-corrected chi connectivity index (χ4v) is 7.25. The second-order valence-electron chi connectivity index (χ2n) is 11.9. The molecule has 5 atom stereocenters. The van der Waals surface area contributed by atoms with Gasteiger partial charge in [0, 0.05) is 4.75 Å². The second kappa shape index (κ2) is 13.6. The number of fused-ring (bicyclic) bond motifs is 2. The van der Waals surface area contributed by atoms with Gasteiger partial charge in [0.1, 0.15) is 41.8 Å². The van der Waals surface area contributed by atoms with Gasteiger partial charge in [-0.05, 0) is 50.6 Å². The quantitative estimate of drug-likeness (QED) is 0.104. The first kappa shape index (κ1) is 35.5. The largest absolute Gasteiger partial charge is 0.513 e. The number of hydrogen-bond donors (Lipinski definition) is 5. The van der Waals surface area contributed by atoms with Crippen LogP contribution in [0, 0.1) is 0 Å². The van der Waals surface area contributed by atoms with Gasteiger partial charge < -0.3 is 45.0 Å². The number of phenolic OH excluding ortho intramolecular Hbond substituents is 1. The molecule has 2 aliphatic rings. The Kier molecular flexibility index (Phi) is 9.63. The van der Waals surface area contributed by atoms with Crippen LogP contribution in [-0.2, 0) is 35.3 Å². The Hall–Kier alpha value is -5.85. The Labute approximate surface area is 285 Å². The lowest BCUT2D eigenvalue weighted by atomic mass is 9.95. The molecular formula is C31H31N5O13S. The monoisotopic (exact) mass is 713 g/mol. The number of aromatic nitrogens is 1. The number of methoxy groups -OCH3 is 1. The molecule has 5 N–H and O–H groups in total. The van der Waals surface area contributed by atoms with Crippen LogP contribution in [0.4, 0.5) is 4.79 Å². The van der Waals surface area contributed by atoms with E-state index < -0.39 is 87.9 Å². The zero-order valence-corrected chi connectivity index (χ0v) is 27.6. The molecule has 3 aromatic rings. The molecule has 0 aliphatic carbocycles. The van der Waals surface area contributed by atoms with Crippen LogP contribution in [0.1, 0.15) is 32.4 Å². The molecule has 0 radical (unpaired) electrons. The van der Waals surface area contributed by atoms with E-state index in [0.717, 1.165) is 7.11 Å². The van der Waals surface area contributed by atoms with Crippen LogP contribution >= 0.6 is 11.8 Å². The molecule has 264 valence electrons. The van der Waals surface area contributed by atoms with E-state index in [4.69, 9.17) is 9.15 Å². The van der Waals surface area contributed by atoms with Crippen molar-refractivity contribution in [2.45, 2.75) is 61.6 Å². The van der Waals surface area contributed by atoms with Crippen LogP contribution in [0.25, 0.3) is 11.0 Å². The van der Waals surface area contributed by atoms with Gasteiger partial charge in [0.2, 0.25) is 23.6 Å². The fraction of sp³-hybridized carbons (Fsp3) is 0.355. The molecule has 4 amide bonds. The second-order valence-corrected chi connectivity index (χ2v) is 13.6. The maximum absolute atomic E-state index is 13.6. The minimum Gasteiger partial charge on any atom is -0.508 e. The van der Waals surface area contributed by atoms with Crippen LogP contribution in [0.3, 0.4) is 0 Å². The Morgan fingerprint density at radius 3 is 2.34 bits per heavy atom. The molecule has 2 unspecified atom stereocenters. The van der Waals surface area contributed by atoms with Gasteiger partial charge in [-0.2, -0.15) is 0 Å². The van der Waals surface area contributed by atoms with Crippen molar-refractivity contribution in [1.29, 1.82) is 0 Å². The Morgan fingerprint density at radius 1 is 1.02 bits per heavy atom. The lowest BCUT2D eigenvalue weighted by molar-refractivity contribution is -0.161. The van der Waals surface area contributed by atoms with Crippen LogP contribution in [0.5, 0.6) is 11.5 Å². The molecule has 18 nitrogen and oxygen atoms in total. The number of rotatable bonds is 10. The van der Waals surface area contributed by atoms with Gasteiger partial charge in [-0.25, -0.2) is 19.0 Å². The Balaban J connectivity index is 1.29. The van der Waals surface area contributed by atoms with Gasteiger partial charge in [-0.3, -0.25) is 24.0 Å². The minimum atomic E-state index is -1.43. The normalized spacial score (nSPS) is 20.1. The number of carbonyl (C=O) groups is 6. The van der Waals surface area contributed by atoms with E-state index in [1.807, 2.05) is 0 Å². The topological polar surface area (TPSA) is 253 Å². The molecular weight excluding hydrogens is 682 g/mol. The highest BCUT2D eigenvalue weighted by Crippen LogP contribution is 2.50. The lowest BCUT2D eigenvalue weighted by Crippen LogP contribution is -2.71. The predicted octanol–water partition coefficient (Wildman–Crippen LogP) is -0.201. The van der Waals surface area contributed by atoms with E-state index in [0.29, 0.717) is 4.57 Å². The summed E-state index contributed by atoms with van der Waals surface area (Å²) in [5, 5.41) is 26.0. The maximum atomic E-state index is 13.6. The van der Waals surface area contributed by atoms with E-state index in [1.54, 1.807) is 13.8 Å². The highest BCUT2D eigenvalue weighted by Gasteiger charge is 2.64. The molecule has 2 fully saturated rings. The number of nitrogens with one attached hydrogen (secondary N) is 3. The molecule has 19 heteroatoms. The molecule has 0 spiro atoms. The van der Waals surface area contributed by atoms with Gasteiger partial charge in [0.05, 0.1) is 12.5 Å². The number of β-lactam (4-membered cyclic amide) rings is 1. The van der Waals surface area contributed by atoms with Crippen molar-refractivity contribution in [2.24, 2.45) is 0 Å². The summed E-state index contributed by atoms with van der Waals surface area (Å²) >= 11 is 1.21. The number of phenols is 1. The summed E-state index contributed by atoms with van der Waals surface area (Å²) in [6, 6.07) is 4.18. The zero-order valence-electron chi connectivity index (χ0n) is 26.8. The van der Waals surface area contributed by atoms with Crippen molar-refractivity contribution in [3.63, 3.8) is 0 Å². The lowest BCUT2D eigenvalue weighted by Gasteiger charge is -2.44. The summed E-state index contributed by atoms with van der Waals surface area (Å²) in [5.41, 5.74) is -1.11. The molecule has 2 aromatic carbocycles. The van der Waals surface area contributed by atoms with Crippen molar-refractivity contribution in [1.82, 2.24) is 25.4 Å². The number of ether oxygens (including phenoxy) is 2. The van der Waals surface area contributed by atoms with Crippen LogP contribution in [0.2, 0.25) is 0 Å². The predicted molar refractivity (Wildman–Crippen MR) is 172 cm³/mol. The number of amides is 4. The highest BCUT2D eigenvalue weighted by atomic mass is 32.2. The number of benzene rings is 2. The van der Waals surface area contributed by atoms with Crippen LogP contribution < -0.4 is 32.0 Å². The van der Waals surface area contributed by atoms with E-state index in [9.17, 15) is 48.6 Å². The SMILES string of the molecule is COC(=O)Oc1cccc2c(=O)n(CC(=O)N[C@H](C)C(=O)N[C@@H](C(=O)N[C@@H]3C(=O)N4C3SC(C)(C)C4C(=O)O)c3ccc(O)cc3)c(=O)oc12. The first-order valence-electron chi connectivity index (χ1n) is 14.9. The van der Waals surface area contributed by atoms with Gasteiger partial charge in [0.15, 0.2) is 11.3 Å². The molecule has 2 aliphatic heterocycles. The molecule has 3 heterocycles. The fourth-order valence-electron chi connectivity index (χ4n) is 5.62. The third kappa shape index (κ3) is 6.71. The summed E-state index contributed by atoms with van der Waals surface area (Å²) in [6.45, 7) is 3.76. The van der Waals surface area contributed by atoms with Crippen molar-refractivity contribution in [2.75, 3.05) is 7.11 Å². The number of aliphatic carboxylic acids is 1. The molecule has 5 rings (SSSR count). The highest BCUT2D eigenvalue weighted by molar-refractivity contribution is 8.01. The van der Waals surface area contributed by atoms with E-state index >= 15 is 0 Å². The number of para-hydroxylation sites is 1. The average Bonchev–Trinajstić information content (AvgIpc) is 3.32. The molecule has 0 saturated carbocycles.